The Labute approximate surface area is 141 Å². The lowest BCUT2D eigenvalue weighted by Crippen LogP contribution is -2.16. The van der Waals surface area contributed by atoms with E-state index in [0.29, 0.717) is 0 Å². The Morgan fingerprint density at radius 2 is 1.61 bits per heavy atom. The van der Waals surface area contributed by atoms with E-state index >= 15 is 0 Å². The topological polar surface area (TPSA) is 17.3 Å². The first-order valence-electron chi connectivity index (χ1n) is 8.22. The first-order valence-corrected chi connectivity index (χ1v) is 9.10. The Balaban J connectivity index is 2.02. The number of rotatable bonds is 6. The zero-order valence-corrected chi connectivity index (χ0v) is 14.3. The third-order valence-corrected chi connectivity index (χ3v) is 4.70. The van der Waals surface area contributed by atoms with Gasteiger partial charge in [0.1, 0.15) is 0 Å². The highest BCUT2D eigenvalue weighted by Crippen LogP contribution is 2.21. The van der Waals surface area contributed by atoms with E-state index in [1.807, 2.05) is 18.2 Å². The molecule has 0 atom stereocenters. The Hall–Kier alpha value is -2.13. The van der Waals surface area contributed by atoms with E-state index in [1.54, 1.807) is 11.3 Å². The second kappa shape index (κ2) is 7.93. The third-order valence-electron chi connectivity index (χ3n) is 3.83. The van der Waals surface area contributed by atoms with Crippen molar-refractivity contribution in [2.75, 3.05) is 0 Å². The fourth-order valence-corrected chi connectivity index (χ4v) is 3.56. The Kier molecular flexibility index (Phi) is 5.43. The number of para-hydroxylation sites is 1. The molecule has 0 unspecified atom stereocenters. The number of unbranched alkanes of at least 4 members (excludes halogenated alkanes) is 2. The van der Waals surface area contributed by atoms with E-state index in [2.05, 4.69) is 59.3 Å². The Morgan fingerprint density at radius 3 is 2.30 bits per heavy atom. The molecule has 1 heterocycles. The lowest BCUT2D eigenvalue weighted by molar-refractivity contribution is 0.596. The van der Waals surface area contributed by atoms with Gasteiger partial charge in [-0.15, -0.1) is 11.3 Å². The standard InChI is InChI=1S/C20H22N2S/c1-2-3-10-15-22-19(17-11-6-4-7-12-17)16-23-20(22)21-18-13-8-5-9-14-18/h4-9,11-14,16H,2-3,10,15H2,1H3. The number of nitrogens with zero attached hydrogens (tertiary/aromatic N) is 2. The highest BCUT2D eigenvalue weighted by atomic mass is 32.1. The quantitative estimate of drug-likeness (QED) is 0.523. The maximum Gasteiger partial charge on any atom is 0.190 e. The van der Waals surface area contributed by atoms with Crippen LogP contribution in [-0.4, -0.2) is 4.57 Å². The first kappa shape index (κ1) is 15.8. The lowest BCUT2D eigenvalue weighted by atomic mass is 10.1. The summed E-state index contributed by atoms with van der Waals surface area (Å²) in [4.78, 5) is 5.92. The normalized spacial score (nSPS) is 11.8. The molecule has 3 heteroatoms. The summed E-state index contributed by atoms with van der Waals surface area (Å²) in [5, 5.41) is 2.23. The molecule has 0 saturated carbocycles. The van der Waals surface area contributed by atoms with Crippen molar-refractivity contribution in [3.63, 3.8) is 0 Å². The maximum absolute atomic E-state index is 4.85. The molecular formula is C20H22N2S. The molecule has 23 heavy (non-hydrogen) atoms. The molecule has 0 radical (unpaired) electrons. The molecule has 0 spiro atoms. The number of aromatic nitrogens is 1. The van der Waals surface area contributed by atoms with Crippen LogP contribution >= 0.6 is 11.3 Å². The molecule has 3 aromatic rings. The van der Waals surface area contributed by atoms with Crippen molar-refractivity contribution < 1.29 is 0 Å². The van der Waals surface area contributed by atoms with E-state index in [-0.39, 0.29) is 0 Å². The van der Waals surface area contributed by atoms with Gasteiger partial charge in [0.05, 0.1) is 11.4 Å². The van der Waals surface area contributed by atoms with Gasteiger partial charge in [0.15, 0.2) is 4.80 Å². The number of hydrogen-bond donors (Lipinski definition) is 0. The first-order chi connectivity index (χ1) is 11.4. The van der Waals surface area contributed by atoms with Crippen LogP contribution in [0.5, 0.6) is 0 Å². The molecule has 0 aliphatic rings. The highest BCUT2D eigenvalue weighted by Gasteiger charge is 2.07. The van der Waals surface area contributed by atoms with Crippen LogP contribution < -0.4 is 4.80 Å². The van der Waals surface area contributed by atoms with Crippen LogP contribution in [0, 0.1) is 0 Å². The van der Waals surface area contributed by atoms with Crippen LogP contribution in [0.1, 0.15) is 26.2 Å². The number of thiazole rings is 1. The zero-order valence-electron chi connectivity index (χ0n) is 13.5. The van der Waals surface area contributed by atoms with Gasteiger partial charge in [-0.1, -0.05) is 68.3 Å². The Morgan fingerprint density at radius 1 is 0.913 bits per heavy atom. The van der Waals surface area contributed by atoms with Gasteiger partial charge in [0.25, 0.3) is 0 Å². The van der Waals surface area contributed by atoms with Crippen LogP contribution in [0.25, 0.3) is 11.3 Å². The van der Waals surface area contributed by atoms with Gasteiger partial charge in [0.2, 0.25) is 0 Å². The molecule has 2 aromatic carbocycles. The van der Waals surface area contributed by atoms with Crippen molar-refractivity contribution in [2.45, 2.75) is 32.7 Å². The molecule has 0 bridgehead atoms. The summed E-state index contributed by atoms with van der Waals surface area (Å²) in [5.41, 5.74) is 3.54. The minimum absolute atomic E-state index is 1.01. The van der Waals surface area contributed by atoms with E-state index in [4.69, 9.17) is 4.99 Å². The fourth-order valence-electron chi connectivity index (χ4n) is 2.61. The van der Waals surface area contributed by atoms with Crippen molar-refractivity contribution in [1.29, 1.82) is 0 Å². The molecule has 0 fully saturated rings. The largest absolute Gasteiger partial charge is 0.316 e. The van der Waals surface area contributed by atoms with Gasteiger partial charge in [0, 0.05) is 11.9 Å². The molecule has 2 nitrogen and oxygen atoms in total. The van der Waals surface area contributed by atoms with Gasteiger partial charge in [-0.05, 0) is 24.1 Å². The second-order valence-electron chi connectivity index (χ2n) is 5.58. The van der Waals surface area contributed by atoms with E-state index in [1.165, 1.54) is 30.5 Å². The molecule has 0 N–H and O–H groups in total. The summed E-state index contributed by atoms with van der Waals surface area (Å²) in [5.74, 6) is 0. The predicted octanol–water partition coefficient (Wildman–Crippen LogP) is 5.64. The van der Waals surface area contributed by atoms with Gasteiger partial charge >= 0.3 is 0 Å². The van der Waals surface area contributed by atoms with Gasteiger partial charge in [-0.3, -0.25) is 0 Å². The van der Waals surface area contributed by atoms with Gasteiger partial charge in [-0.25, -0.2) is 4.99 Å². The smallest absolute Gasteiger partial charge is 0.190 e. The molecule has 0 aliphatic carbocycles. The van der Waals surface area contributed by atoms with Crippen LogP contribution in [0.3, 0.4) is 0 Å². The molecule has 1 aromatic heterocycles. The Bertz CT molecular complexity index is 785. The van der Waals surface area contributed by atoms with Crippen LogP contribution in [0.2, 0.25) is 0 Å². The van der Waals surface area contributed by atoms with Crippen LogP contribution in [0.4, 0.5) is 5.69 Å². The zero-order chi connectivity index (χ0) is 15.9. The SMILES string of the molecule is CCCCCn1c(-c2ccccc2)csc1=Nc1ccccc1. The minimum Gasteiger partial charge on any atom is -0.316 e. The molecule has 0 aliphatic heterocycles. The predicted molar refractivity (Wildman–Crippen MR) is 98.9 cm³/mol. The highest BCUT2D eigenvalue weighted by molar-refractivity contribution is 7.07. The minimum atomic E-state index is 1.01. The monoisotopic (exact) mass is 322 g/mol. The van der Waals surface area contributed by atoms with Gasteiger partial charge < -0.3 is 4.57 Å². The molecule has 0 amide bonds. The van der Waals surface area contributed by atoms with Crippen LogP contribution in [0.15, 0.2) is 71.0 Å². The van der Waals surface area contributed by atoms with Crippen molar-refractivity contribution in [3.05, 3.63) is 70.8 Å². The lowest BCUT2D eigenvalue weighted by Gasteiger charge is -2.09. The fraction of sp³-hybridized carbons (Fsp3) is 0.250. The van der Waals surface area contributed by atoms with Crippen molar-refractivity contribution >= 4 is 17.0 Å². The molecule has 3 rings (SSSR count). The molecular weight excluding hydrogens is 300 g/mol. The summed E-state index contributed by atoms with van der Waals surface area (Å²) in [7, 11) is 0. The van der Waals surface area contributed by atoms with E-state index < -0.39 is 0 Å². The average Bonchev–Trinajstić information content (AvgIpc) is 3.00. The van der Waals surface area contributed by atoms with Gasteiger partial charge in [-0.2, -0.15) is 0 Å². The summed E-state index contributed by atoms with van der Waals surface area (Å²) in [6, 6.07) is 20.8. The van der Waals surface area contributed by atoms with Crippen molar-refractivity contribution in [3.8, 4) is 11.3 Å². The molecule has 118 valence electrons. The molecule has 0 saturated heterocycles. The summed E-state index contributed by atoms with van der Waals surface area (Å²) in [6.45, 7) is 3.26. The third kappa shape index (κ3) is 3.99. The van der Waals surface area contributed by atoms with E-state index in [0.717, 1.165) is 17.0 Å². The second-order valence-corrected chi connectivity index (χ2v) is 6.41. The number of benzene rings is 2. The maximum atomic E-state index is 4.85. The summed E-state index contributed by atoms with van der Waals surface area (Å²) >= 11 is 1.72. The van der Waals surface area contributed by atoms with Crippen LogP contribution in [-0.2, 0) is 6.54 Å². The van der Waals surface area contributed by atoms with Crippen molar-refractivity contribution in [1.82, 2.24) is 4.57 Å². The summed E-state index contributed by atoms with van der Waals surface area (Å²) in [6.07, 6.45) is 3.67. The summed E-state index contributed by atoms with van der Waals surface area (Å²) < 4.78 is 2.36. The van der Waals surface area contributed by atoms with Crippen molar-refractivity contribution in [2.24, 2.45) is 4.99 Å². The van der Waals surface area contributed by atoms with E-state index in [9.17, 15) is 0 Å². The number of hydrogen-bond acceptors (Lipinski definition) is 2. The average molecular weight is 322 g/mol.